The van der Waals surface area contributed by atoms with Crippen LogP contribution in [-0.4, -0.2) is 30.5 Å². The molecule has 152 valence electrons. The van der Waals surface area contributed by atoms with Crippen LogP contribution in [0.4, 0.5) is 10.1 Å². The van der Waals surface area contributed by atoms with E-state index < -0.39 is 15.7 Å². The van der Waals surface area contributed by atoms with Crippen molar-refractivity contribution in [3.05, 3.63) is 77.6 Å². The minimum atomic E-state index is -3.42. The maximum atomic E-state index is 13.1. The fraction of sp³-hybridized carbons (Fsp3) is 0.0909. The number of fused-ring (bicyclic) bond motifs is 1. The maximum absolute atomic E-state index is 13.1. The van der Waals surface area contributed by atoms with Gasteiger partial charge in [0.2, 0.25) is 0 Å². The first-order chi connectivity index (χ1) is 14.2. The van der Waals surface area contributed by atoms with E-state index in [2.05, 4.69) is 15.3 Å². The SMILES string of the molecule is Cc1ccc(S(C)(=O)=O)cc1C(=O)Nc1ccc2nc(-c3ccc(F)cc3)[nH]c2c1. The highest BCUT2D eigenvalue weighted by Gasteiger charge is 2.15. The summed E-state index contributed by atoms with van der Waals surface area (Å²) in [6.45, 7) is 1.74. The van der Waals surface area contributed by atoms with Crippen LogP contribution in [0, 0.1) is 12.7 Å². The average Bonchev–Trinajstić information content (AvgIpc) is 3.11. The standard InChI is InChI=1S/C22H18FN3O3S/c1-13-3-9-17(30(2,28)29)12-18(13)22(27)24-16-8-10-19-20(11-16)26-21(25-19)14-4-6-15(23)7-5-14/h3-12H,1-2H3,(H,24,27)(H,25,26). The lowest BCUT2D eigenvalue weighted by atomic mass is 10.1. The molecule has 8 heteroatoms. The highest BCUT2D eigenvalue weighted by Crippen LogP contribution is 2.24. The summed E-state index contributed by atoms with van der Waals surface area (Å²) in [6, 6.07) is 15.7. The van der Waals surface area contributed by atoms with E-state index in [0.717, 1.165) is 11.8 Å². The van der Waals surface area contributed by atoms with Crippen LogP contribution in [-0.2, 0) is 9.84 Å². The van der Waals surface area contributed by atoms with E-state index >= 15 is 0 Å². The Morgan fingerprint density at radius 2 is 1.77 bits per heavy atom. The predicted octanol–water partition coefficient (Wildman–Crippen LogP) is 4.33. The van der Waals surface area contributed by atoms with E-state index in [1.165, 1.54) is 24.3 Å². The van der Waals surface area contributed by atoms with Gasteiger partial charge in [0.25, 0.3) is 5.91 Å². The van der Waals surface area contributed by atoms with Crippen molar-refractivity contribution in [2.45, 2.75) is 11.8 Å². The number of H-pyrrole nitrogens is 1. The van der Waals surface area contributed by atoms with Gasteiger partial charge in [-0.15, -0.1) is 0 Å². The second-order valence-electron chi connectivity index (χ2n) is 7.03. The summed E-state index contributed by atoms with van der Waals surface area (Å²) in [7, 11) is -3.42. The van der Waals surface area contributed by atoms with Crippen LogP contribution < -0.4 is 5.32 Å². The number of aryl methyl sites for hydroxylation is 1. The Morgan fingerprint density at radius 3 is 2.47 bits per heavy atom. The summed E-state index contributed by atoms with van der Waals surface area (Å²) in [4.78, 5) is 20.5. The van der Waals surface area contributed by atoms with E-state index in [1.807, 2.05) is 0 Å². The Labute approximate surface area is 172 Å². The second kappa shape index (κ2) is 7.38. The van der Waals surface area contributed by atoms with Crippen molar-refractivity contribution in [3.63, 3.8) is 0 Å². The molecule has 0 aliphatic heterocycles. The van der Waals surface area contributed by atoms with Gasteiger partial charge in [0, 0.05) is 23.1 Å². The normalized spacial score (nSPS) is 11.6. The van der Waals surface area contributed by atoms with Gasteiger partial charge in [0.1, 0.15) is 11.6 Å². The minimum absolute atomic E-state index is 0.0891. The number of rotatable bonds is 4. The topological polar surface area (TPSA) is 91.9 Å². The number of nitrogens with zero attached hydrogens (tertiary/aromatic N) is 1. The largest absolute Gasteiger partial charge is 0.338 e. The maximum Gasteiger partial charge on any atom is 0.255 e. The number of amides is 1. The van der Waals surface area contributed by atoms with E-state index in [1.54, 1.807) is 43.3 Å². The Balaban J connectivity index is 1.63. The van der Waals surface area contributed by atoms with Gasteiger partial charge in [-0.2, -0.15) is 0 Å². The van der Waals surface area contributed by atoms with Crippen molar-refractivity contribution in [1.29, 1.82) is 0 Å². The summed E-state index contributed by atoms with van der Waals surface area (Å²) in [5, 5.41) is 2.80. The number of imidazole rings is 1. The van der Waals surface area contributed by atoms with E-state index in [0.29, 0.717) is 28.1 Å². The first-order valence-electron chi connectivity index (χ1n) is 9.08. The molecule has 4 aromatic rings. The molecule has 0 aliphatic carbocycles. The average molecular weight is 423 g/mol. The highest BCUT2D eigenvalue weighted by atomic mass is 32.2. The number of nitrogens with one attached hydrogen (secondary N) is 2. The lowest BCUT2D eigenvalue weighted by Crippen LogP contribution is -2.14. The molecule has 3 aromatic carbocycles. The minimum Gasteiger partial charge on any atom is -0.338 e. The van der Waals surface area contributed by atoms with Gasteiger partial charge in [0.15, 0.2) is 9.84 Å². The molecule has 0 atom stereocenters. The fourth-order valence-electron chi connectivity index (χ4n) is 3.11. The fourth-order valence-corrected chi connectivity index (χ4v) is 3.75. The van der Waals surface area contributed by atoms with E-state index in [4.69, 9.17) is 0 Å². The van der Waals surface area contributed by atoms with Crippen LogP contribution in [0.3, 0.4) is 0 Å². The first kappa shape index (κ1) is 19.8. The van der Waals surface area contributed by atoms with Gasteiger partial charge in [-0.25, -0.2) is 17.8 Å². The van der Waals surface area contributed by atoms with Crippen molar-refractivity contribution < 1.29 is 17.6 Å². The van der Waals surface area contributed by atoms with Gasteiger partial charge >= 0.3 is 0 Å². The molecular weight excluding hydrogens is 405 g/mol. The van der Waals surface area contributed by atoms with E-state index in [9.17, 15) is 17.6 Å². The second-order valence-corrected chi connectivity index (χ2v) is 9.04. The molecule has 1 heterocycles. The molecule has 0 saturated heterocycles. The van der Waals surface area contributed by atoms with Gasteiger partial charge in [-0.05, 0) is 67.1 Å². The number of carbonyl (C=O) groups excluding carboxylic acids is 1. The molecule has 0 spiro atoms. The summed E-state index contributed by atoms with van der Waals surface area (Å²) >= 11 is 0. The lowest BCUT2D eigenvalue weighted by molar-refractivity contribution is 0.102. The molecule has 30 heavy (non-hydrogen) atoms. The Morgan fingerprint density at radius 1 is 1.03 bits per heavy atom. The van der Waals surface area contributed by atoms with Crippen molar-refractivity contribution in [3.8, 4) is 11.4 Å². The number of aromatic nitrogens is 2. The van der Waals surface area contributed by atoms with Crippen molar-refractivity contribution in [2.75, 3.05) is 11.6 Å². The zero-order chi connectivity index (χ0) is 21.5. The quantitative estimate of drug-likeness (QED) is 0.511. The number of halogens is 1. The zero-order valence-electron chi connectivity index (χ0n) is 16.2. The molecule has 0 saturated carbocycles. The summed E-state index contributed by atoms with van der Waals surface area (Å²) in [5.41, 5.74) is 3.63. The monoisotopic (exact) mass is 423 g/mol. The van der Waals surface area contributed by atoms with Crippen LogP contribution in [0.1, 0.15) is 15.9 Å². The molecular formula is C22H18FN3O3S. The predicted molar refractivity (Wildman–Crippen MR) is 114 cm³/mol. The van der Waals surface area contributed by atoms with Crippen LogP contribution in [0.25, 0.3) is 22.4 Å². The number of anilines is 1. The number of aromatic amines is 1. The Hall–Kier alpha value is -3.52. The molecule has 4 rings (SSSR count). The third kappa shape index (κ3) is 3.95. The molecule has 0 aliphatic rings. The third-order valence-corrected chi connectivity index (χ3v) is 5.85. The first-order valence-corrected chi connectivity index (χ1v) is 11.0. The molecule has 0 radical (unpaired) electrons. The zero-order valence-corrected chi connectivity index (χ0v) is 17.0. The highest BCUT2D eigenvalue weighted by molar-refractivity contribution is 7.90. The number of hydrogen-bond acceptors (Lipinski definition) is 4. The molecule has 0 unspecified atom stereocenters. The number of carbonyl (C=O) groups is 1. The molecule has 0 fully saturated rings. The number of hydrogen-bond donors (Lipinski definition) is 2. The molecule has 0 bridgehead atoms. The van der Waals surface area contributed by atoms with Crippen molar-refractivity contribution in [2.24, 2.45) is 0 Å². The lowest BCUT2D eigenvalue weighted by Gasteiger charge is -2.09. The summed E-state index contributed by atoms with van der Waals surface area (Å²) in [5.74, 6) is -0.143. The Kier molecular flexibility index (Phi) is 4.87. The number of benzene rings is 3. The van der Waals surface area contributed by atoms with Gasteiger partial charge < -0.3 is 10.3 Å². The van der Waals surface area contributed by atoms with Gasteiger partial charge in [-0.1, -0.05) is 6.07 Å². The van der Waals surface area contributed by atoms with Gasteiger partial charge in [0.05, 0.1) is 15.9 Å². The van der Waals surface area contributed by atoms with Crippen LogP contribution in [0.2, 0.25) is 0 Å². The van der Waals surface area contributed by atoms with E-state index in [-0.39, 0.29) is 16.3 Å². The molecule has 1 aromatic heterocycles. The number of sulfone groups is 1. The van der Waals surface area contributed by atoms with Crippen molar-refractivity contribution in [1.82, 2.24) is 9.97 Å². The van der Waals surface area contributed by atoms with Crippen LogP contribution in [0.15, 0.2) is 65.6 Å². The molecule has 6 nitrogen and oxygen atoms in total. The summed E-state index contributed by atoms with van der Waals surface area (Å²) in [6.07, 6.45) is 1.10. The third-order valence-electron chi connectivity index (χ3n) is 4.74. The molecule has 2 N–H and O–H groups in total. The molecule has 1 amide bonds. The smallest absolute Gasteiger partial charge is 0.255 e. The summed E-state index contributed by atoms with van der Waals surface area (Å²) < 4.78 is 36.7. The van der Waals surface area contributed by atoms with Crippen LogP contribution >= 0.6 is 0 Å². The van der Waals surface area contributed by atoms with Crippen molar-refractivity contribution >= 4 is 32.5 Å². The van der Waals surface area contributed by atoms with Crippen LogP contribution in [0.5, 0.6) is 0 Å². The van der Waals surface area contributed by atoms with Gasteiger partial charge in [-0.3, -0.25) is 4.79 Å². The Bertz CT molecular complexity index is 1380.